The maximum absolute atomic E-state index is 13.7. The smallest absolute Gasteiger partial charge is 0.300 e. The van der Waals surface area contributed by atoms with Crippen LogP contribution in [0.2, 0.25) is 0 Å². The lowest BCUT2D eigenvalue weighted by atomic mass is 9.94. The van der Waals surface area contributed by atoms with E-state index >= 15 is 0 Å². The van der Waals surface area contributed by atoms with Gasteiger partial charge in [0, 0.05) is 5.69 Å². The number of hydrogen-bond acceptors (Lipinski definition) is 5. The number of halogens is 1. The number of ether oxygens (including phenoxy) is 2. The van der Waals surface area contributed by atoms with Gasteiger partial charge in [-0.1, -0.05) is 30.3 Å². The molecule has 1 atom stereocenters. The van der Waals surface area contributed by atoms with Crippen molar-refractivity contribution in [3.8, 4) is 11.5 Å². The molecule has 0 aromatic heterocycles. The highest BCUT2D eigenvalue weighted by molar-refractivity contribution is 6.51. The van der Waals surface area contributed by atoms with Crippen molar-refractivity contribution in [1.29, 1.82) is 0 Å². The Morgan fingerprint density at radius 2 is 1.55 bits per heavy atom. The van der Waals surface area contributed by atoms with Gasteiger partial charge in [-0.15, -0.1) is 0 Å². The van der Waals surface area contributed by atoms with Crippen molar-refractivity contribution < 1.29 is 28.6 Å². The average molecular weight is 447 g/mol. The van der Waals surface area contributed by atoms with Crippen LogP contribution in [0.4, 0.5) is 10.1 Å². The molecule has 1 aliphatic heterocycles. The molecule has 3 aromatic carbocycles. The molecule has 1 unspecified atom stereocenters. The highest BCUT2D eigenvalue weighted by Crippen LogP contribution is 2.45. The molecule has 0 bridgehead atoms. The second kappa shape index (κ2) is 8.78. The average Bonchev–Trinajstić information content (AvgIpc) is 3.09. The third-order valence-corrected chi connectivity index (χ3v) is 5.57. The van der Waals surface area contributed by atoms with Crippen LogP contribution in [0.15, 0.2) is 72.3 Å². The first-order chi connectivity index (χ1) is 15.9. The van der Waals surface area contributed by atoms with Crippen molar-refractivity contribution in [2.75, 3.05) is 19.1 Å². The molecule has 1 fully saturated rings. The molecule has 1 heterocycles. The van der Waals surface area contributed by atoms with Gasteiger partial charge in [0.2, 0.25) is 0 Å². The van der Waals surface area contributed by atoms with Crippen LogP contribution < -0.4 is 14.4 Å². The van der Waals surface area contributed by atoms with Crippen LogP contribution in [-0.2, 0) is 9.59 Å². The van der Waals surface area contributed by atoms with Crippen LogP contribution in [0.5, 0.6) is 11.5 Å². The van der Waals surface area contributed by atoms with Crippen LogP contribution >= 0.6 is 0 Å². The van der Waals surface area contributed by atoms with Gasteiger partial charge in [0.05, 0.1) is 25.8 Å². The normalized spacial score (nSPS) is 17.3. The van der Waals surface area contributed by atoms with E-state index in [0.717, 1.165) is 5.56 Å². The number of methoxy groups -OCH3 is 2. The summed E-state index contributed by atoms with van der Waals surface area (Å²) < 4.78 is 24.4. The van der Waals surface area contributed by atoms with Gasteiger partial charge >= 0.3 is 0 Å². The van der Waals surface area contributed by atoms with E-state index in [1.165, 1.54) is 43.4 Å². The summed E-state index contributed by atoms with van der Waals surface area (Å²) in [6, 6.07) is 16.5. The van der Waals surface area contributed by atoms with Gasteiger partial charge in [0.15, 0.2) is 0 Å². The van der Waals surface area contributed by atoms with E-state index in [2.05, 4.69) is 0 Å². The molecule has 168 valence electrons. The quantitative estimate of drug-likeness (QED) is 0.346. The first kappa shape index (κ1) is 22.1. The summed E-state index contributed by atoms with van der Waals surface area (Å²) in [6.07, 6.45) is 0. The van der Waals surface area contributed by atoms with Gasteiger partial charge in [-0.2, -0.15) is 0 Å². The monoisotopic (exact) mass is 447 g/mol. The molecule has 3 aromatic rings. The number of ketones is 1. The Labute approximate surface area is 190 Å². The van der Waals surface area contributed by atoms with Crippen LogP contribution in [0.3, 0.4) is 0 Å². The van der Waals surface area contributed by atoms with Crippen molar-refractivity contribution in [2.24, 2.45) is 0 Å². The first-order valence-electron chi connectivity index (χ1n) is 10.2. The highest BCUT2D eigenvalue weighted by atomic mass is 19.1. The Bertz CT molecular complexity index is 1240. The Morgan fingerprint density at radius 3 is 2.12 bits per heavy atom. The van der Waals surface area contributed by atoms with Gasteiger partial charge < -0.3 is 14.6 Å². The number of aliphatic hydroxyl groups is 1. The van der Waals surface area contributed by atoms with Gasteiger partial charge in [-0.05, 0) is 54.4 Å². The topological polar surface area (TPSA) is 76.1 Å². The van der Waals surface area contributed by atoms with E-state index in [1.54, 1.807) is 36.4 Å². The summed E-state index contributed by atoms with van der Waals surface area (Å²) in [5.41, 5.74) is 1.84. The molecule has 1 amide bonds. The number of benzene rings is 3. The third kappa shape index (κ3) is 3.82. The molecular formula is C26H22FNO5. The number of Topliss-reactive ketones (excluding diaryl/α,β-unsaturated/α-hetero) is 1. The zero-order valence-corrected chi connectivity index (χ0v) is 18.3. The Kier molecular flexibility index (Phi) is 5.87. The van der Waals surface area contributed by atoms with Crippen LogP contribution in [-0.4, -0.2) is 31.0 Å². The number of rotatable bonds is 5. The van der Waals surface area contributed by atoms with Gasteiger partial charge in [-0.25, -0.2) is 4.39 Å². The van der Waals surface area contributed by atoms with Crippen LogP contribution in [0.1, 0.15) is 22.7 Å². The summed E-state index contributed by atoms with van der Waals surface area (Å²) in [7, 11) is 2.85. The minimum atomic E-state index is -0.984. The van der Waals surface area contributed by atoms with Crippen LogP contribution in [0, 0.1) is 12.7 Å². The SMILES string of the molecule is COc1cccc(OC)c1/C(O)=C1\C(=O)C(=O)N(c2cccc(C)c2)C1c1ccc(F)cc1. The minimum Gasteiger partial charge on any atom is -0.506 e. The van der Waals surface area contributed by atoms with E-state index in [9.17, 15) is 19.1 Å². The number of aryl methyl sites for hydroxylation is 1. The molecule has 1 N–H and O–H groups in total. The van der Waals surface area contributed by atoms with Gasteiger partial charge in [0.1, 0.15) is 28.6 Å². The maximum Gasteiger partial charge on any atom is 0.300 e. The molecule has 0 radical (unpaired) electrons. The fraction of sp³-hybridized carbons (Fsp3) is 0.154. The van der Waals surface area contributed by atoms with E-state index in [1.807, 2.05) is 13.0 Å². The summed E-state index contributed by atoms with van der Waals surface area (Å²) in [5, 5.41) is 11.4. The first-order valence-corrected chi connectivity index (χ1v) is 10.2. The Balaban J connectivity index is 2.01. The maximum atomic E-state index is 13.7. The van der Waals surface area contributed by atoms with Gasteiger partial charge in [0.25, 0.3) is 11.7 Å². The van der Waals surface area contributed by atoms with Crippen molar-refractivity contribution >= 4 is 23.1 Å². The number of anilines is 1. The Morgan fingerprint density at radius 1 is 0.939 bits per heavy atom. The number of aliphatic hydroxyl groups excluding tert-OH is 1. The predicted molar refractivity (Wildman–Crippen MR) is 122 cm³/mol. The molecule has 0 spiro atoms. The number of nitrogens with zero attached hydrogens (tertiary/aromatic N) is 1. The molecule has 6 nitrogen and oxygen atoms in total. The second-order valence-electron chi connectivity index (χ2n) is 7.60. The number of amides is 1. The third-order valence-electron chi connectivity index (χ3n) is 5.57. The summed E-state index contributed by atoms with van der Waals surface area (Å²) in [6.45, 7) is 1.87. The highest BCUT2D eigenvalue weighted by Gasteiger charge is 2.47. The van der Waals surface area contributed by atoms with E-state index in [4.69, 9.17) is 9.47 Å². The lowest BCUT2D eigenvalue weighted by molar-refractivity contribution is -0.132. The molecule has 0 saturated carbocycles. The number of hydrogen-bond donors (Lipinski definition) is 1. The minimum absolute atomic E-state index is 0.143. The molecule has 1 saturated heterocycles. The molecule has 33 heavy (non-hydrogen) atoms. The van der Waals surface area contributed by atoms with E-state index < -0.39 is 29.3 Å². The van der Waals surface area contributed by atoms with Crippen molar-refractivity contribution in [1.82, 2.24) is 0 Å². The fourth-order valence-corrected chi connectivity index (χ4v) is 4.06. The zero-order chi connectivity index (χ0) is 23.7. The lowest BCUT2D eigenvalue weighted by Gasteiger charge is -2.26. The summed E-state index contributed by atoms with van der Waals surface area (Å²) >= 11 is 0. The van der Waals surface area contributed by atoms with E-state index in [0.29, 0.717) is 11.3 Å². The van der Waals surface area contributed by atoms with Crippen molar-refractivity contribution in [3.05, 3.63) is 94.8 Å². The lowest BCUT2D eigenvalue weighted by Crippen LogP contribution is -2.29. The molecule has 4 rings (SSSR count). The van der Waals surface area contributed by atoms with Crippen molar-refractivity contribution in [3.63, 3.8) is 0 Å². The molecule has 7 heteroatoms. The van der Waals surface area contributed by atoms with E-state index in [-0.39, 0.29) is 22.6 Å². The second-order valence-corrected chi connectivity index (χ2v) is 7.60. The standard InChI is InChI=1S/C26H22FNO5/c1-15-6-4-7-18(14-15)28-23(16-10-12-17(27)13-11-16)22(25(30)26(28)31)24(29)21-19(32-2)8-5-9-20(21)33-3/h4-14,23,29H,1-3H3/b24-22+. The number of carbonyl (C=O) groups excluding carboxylic acids is 2. The molecule has 0 aliphatic carbocycles. The zero-order valence-electron chi connectivity index (χ0n) is 18.3. The molecule has 1 aliphatic rings. The summed E-state index contributed by atoms with van der Waals surface area (Å²) in [5.74, 6) is -2.02. The predicted octanol–water partition coefficient (Wildman–Crippen LogP) is 4.78. The van der Waals surface area contributed by atoms with Crippen LogP contribution in [0.25, 0.3) is 5.76 Å². The number of carbonyl (C=O) groups is 2. The van der Waals surface area contributed by atoms with Crippen molar-refractivity contribution in [2.45, 2.75) is 13.0 Å². The fourth-order valence-electron chi connectivity index (χ4n) is 4.06. The Hall–Kier alpha value is -4.13. The van der Waals surface area contributed by atoms with Gasteiger partial charge in [-0.3, -0.25) is 14.5 Å². The largest absolute Gasteiger partial charge is 0.506 e. The molecular weight excluding hydrogens is 425 g/mol. The summed E-state index contributed by atoms with van der Waals surface area (Å²) in [4.78, 5) is 27.8.